The van der Waals surface area contributed by atoms with Crippen LogP contribution < -0.4 is 5.32 Å². The highest BCUT2D eigenvalue weighted by atomic mass is 32.1. The van der Waals surface area contributed by atoms with Gasteiger partial charge >= 0.3 is 0 Å². The molecule has 0 saturated heterocycles. The number of thiophene rings is 1. The Bertz CT molecular complexity index is 511. The van der Waals surface area contributed by atoms with Gasteiger partial charge < -0.3 is 9.88 Å². The predicted octanol–water partition coefficient (Wildman–Crippen LogP) is 2.81. The van der Waals surface area contributed by atoms with Crippen LogP contribution in [0.5, 0.6) is 0 Å². The van der Waals surface area contributed by atoms with Gasteiger partial charge in [-0.25, -0.2) is 4.98 Å². The molecule has 1 N–H and O–H groups in total. The summed E-state index contributed by atoms with van der Waals surface area (Å²) in [5, 5.41) is 3.56. The van der Waals surface area contributed by atoms with Gasteiger partial charge in [0.05, 0.1) is 6.54 Å². The molecule has 0 radical (unpaired) electrons. The second-order valence-electron chi connectivity index (χ2n) is 4.85. The summed E-state index contributed by atoms with van der Waals surface area (Å²) in [4.78, 5) is 7.21. The lowest BCUT2D eigenvalue weighted by Crippen LogP contribution is -2.14. The summed E-state index contributed by atoms with van der Waals surface area (Å²) in [5.41, 5.74) is 0. The molecule has 1 aliphatic rings. The maximum Gasteiger partial charge on any atom is 0.108 e. The van der Waals surface area contributed by atoms with Crippen LogP contribution in [0.2, 0.25) is 0 Å². The van der Waals surface area contributed by atoms with Crippen molar-refractivity contribution in [2.24, 2.45) is 0 Å². The summed E-state index contributed by atoms with van der Waals surface area (Å²) < 4.78 is 2.24. The van der Waals surface area contributed by atoms with Crippen LogP contribution in [0, 0.1) is 0 Å². The fourth-order valence-electron chi connectivity index (χ4n) is 2.10. The highest BCUT2D eigenvalue weighted by molar-refractivity contribution is 7.11. The third kappa shape index (κ3) is 2.82. The highest BCUT2D eigenvalue weighted by Gasteiger charge is 2.20. The SMILES string of the molecule is CCc1nccn1Cc1ccc(CNC2CC2)s1. The molecule has 0 aliphatic heterocycles. The van der Waals surface area contributed by atoms with Crippen molar-refractivity contribution in [2.45, 2.75) is 45.3 Å². The molecule has 2 aromatic heterocycles. The molecule has 0 aromatic carbocycles. The third-order valence-electron chi connectivity index (χ3n) is 3.30. The van der Waals surface area contributed by atoms with Crippen LogP contribution in [-0.2, 0) is 19.5 Å². The van der Waals surface area contributed by atoms with Gasteiger partial charge in [0.25, 0.3) is 0 Å². The van der Waals surface area contributed by atoms with E-state index in [1.165, 1.54) is 28.4 Å². The van der Waals surface area contributed by atoms with E-state index in [1.807, 2.05) is 17.5 Å². The summed E-state index contributed by atoms with van der Waals surface area (Å²) >= 11 is 1.91. The minimum Gasteiger partial charge on any atom is -0.330 e. The average Bonchev–Trinajstić information content (AvgIpc) is 2.93. The topological polar surface area (TPSA) is 29.9 Å². The monoisotopic (exact) mass is 261 g/mol. The number of hydrogen-bond acceptors (Lipinski definition) is 3. The van der Waals surface area contributed by atoms with E-state index < -0.39 is 0 Å². The summed E-state index contributed by atoms with van der Waals surface area (Å²) in [6.07, 6.45) is 7.66. The second-order valence-corrected chi connectivity index (χ2v) is 6.10. The maximum atomic E-state index is 4.36. The third-order valence-corrected chi connectivity index (χ3v) is 4.37. The molecule has 1 aliphatic carbocycles. The van der Waals surface area contributed by atoms with Gasteiger partial charge in [0.2, 0.25) is 0 Å². The van der Waals surface area contributed by atoms with E-state index in [-0.39, 0.29) is 0 Å². The Labute approximate surface area is 112 Å². The van der Waals surface area contributed by atoms with Gasteiger partial charge in [-0.1, -0.05) is 6.92 Å². The lowest BCUT2D eigenvalue weighted by atomic mass is 10.4. The molecule has 0 unspecified atom stereocenters. The van der Waals surface area contributed by atoms with Crippen LogP contribution in [0.15, 0.2) is 24.5 Å². The van der Waals surface area contributed by atoms with E-state index in [9.17, 15) is 0 Å². The molecule has 0 amide bonds. The predicted molar refractivity (Wildman–Crippen MR) is 74.9 cm³/mol. The molecular formula is C14H19N3S. The number of imidazole rings is 1. The van der Waals surface area contributed by atoms with Crippen LogP contribution >= 0.6 is 11.3 Å². The summed E-state index contributed by atoms with van der Waals surface area (Å²) in [6, 6.07) is 5.28. The highest BCUT2D eigenvalue weighted by Crippen LogP contribution is 2.22. The Balaban J connectivity index is 1.61. The van der Waals surface area contributed by atoms with Gasteiger partial charge in [-0.3, -0.25) is 0 Å². The first-order valence-electron chi connectivity index (χ1n) is 6.66. The molecule has 2 aromatic rings. The molecular weight excluding hydrogens is 242 g/mol. The average molecular weight is 261 g/mol. The Morgan fingerprint density at radius 3 is 3.00 bits per heavy atom. The Morgan fingerprint density at radius 2 is 2.22 bits per heavy atom. The van der Waals surface area contributed by atoms with E-state index in [1.54, 1.807) is 0 Å². The minimum absolute atomic E-state index is 0.788. The van der Waals surface area contributed by atoms with Crippen molar-refractivity contribution in [1.82, 2.24) is 14.9 Å². The quantitative estimate of drug-likeness (QED) is 0.866. The zero-order valence-corrected chi connectivity index (χ0v) is 11.5. The number of aryl methyl sites for hydroxylation is 1. The molecule has 0 spiro atoms. The van der Waals surface area contributed by atoms with Crippen molar-refractivity contribution in [3.05, 3.63) is 40.1 Å². The van der Waals surface area contributed by atoms with Crippen molar-refractivity contribution in [1.29, 1.82) is 0 Å². The van der Waals surface area contributed by atoms with E-state index in [0.717, 1.165) is 25.6 Å². The first kappa shape index (κ1) is 11.9. The Morgan fingerprint density at radius 1 is 1.39 bits per heavy atom. The Hall–Kier alpha value is -1.13. The second kappa shape index (κ2) is 5.24. The first-order valence-corrected chi connectivity index (χ1v) is 7.48. The van der Waals surface area contributed by atoms with Gasteiger partial charge in [0.15, 0.2) is 0 Å². The fourth-order valence-corrected chi connectivity index (χ4v) is 3.07. The van der Waals surface area contributed by atoms with Gasteiger partial charge in [-0.05, 0) is 25.0 Å². The minimum atomic E-state index is 0.788. The molecule has 96 valence electrons. The molecule has 0 bridgehead atoms. The molecule has 4 heteroatoms. The van der Waals surface area contributed by atoms with Crippen molar-refractivity contribution >= 4 is 11.3 Å². The van der Waals surface area contributed by atoms with E-state index in [2.05, 4.69) is 40.1 Å². The van der Waals surface area contributed by atoms with E-state index in [0.29, 0.717) is 0 Å². The normalized spacial score (nSPS) is 15.2. The van der Waals surface area contributed by atoms with E-state index in [4.69, 9.17) is 0 Å². The first-order chi connectivity index (χ1) is 8.85. The molecule has 3 nitrogen and oxygen atoms in total. The van der Waals surface area contributed by atoms with Crippen LogP contribution in [0.3, 0.4) is 0 Å². The standard InChI is InChI=1S/C14H19N3S/c1-2-14-15-7-8-17(14)10-13-6-5-12(18-13)9-16-11-3-4-11/h5-8,11,16H,2-4,9-10H2,1H3. The number of hydrogen-bond donors (Lipinski definition) is 1. The Kier molecular flexibility index (Phi) is 3.48. The van der Waals surface area contributed by atoms with Crippen LogP contribution in [0.1, 0.15) is 35.3 Å². The zero-order valence-electron chi connectivity index (χ0n) is 10.7. The molecule has 1 saturated carbocycles. The molecule has 18 heavy (non-hydrogen) atoms. The van der Waals surface area contributed by atoms with Crippen molar-refractivity contribution in [2.75, 3.05) is 0 Å². The van der Waals surface area contributed by atoms with Gasteiger partial charge in [-0.15, -0.1) is 11.3 Å². The van der Waals surface area contributed by atoms with Crippen molar-refractivity contribution in [3.8, 4) is 0 Å². The van der Waals surface area contributed by atoms with Gasteiger partial charge in [-0.2, -0.15) is 0 Å². The molecule has 3 rings (SSSR count). The number of rotatable bonds is 6. The summed E-state index contributed by atoms with van der Waals surface area (Å²) in [5.74, 6) is 1.17. The van der Waals surface area contributed by atoms with Gasteiger partial charge in [0.1, 0.15) is 5.82 Å². The van der Waals surface area contributed by atoms with E-state index >= 15 is 0 Å². The summed E-state index contributed by atoms with van der Waals surface area (Å²) in [6.45, 7) is 4.13. The number of aromatic nitrogens is 2. The molecule has 2 heterocycles. The zero-order chi connectivity index (χ0) is 12.4. The lowest BCUT2D eigenvalue weighted by molar-refractivity contribution is 0.695. The van der Waals surface area contributed by atoms with Crippen LogP contribution in [0.25, 0.3) is 0 Å². The molecule has 0 atom stereocenters. The lowest BCUT2D eigenvalue weighted by Gasteiger charge is -2.04. The summed E-state index contributed by atoms with van der Waals surface area (Å²) in [7, 11) is 0. The number of nitrogens with zero attached hydrogens (tertiary/aromatic N) is 2. The smallest absolute Gasteiger partial charge is 0.108 e. The van der Waals surface area contributed by atoms with Crippen LogP contribution in [0.4, 0.5) is 0 Å². The number of nitrogens with one attached hydrogen (secondary N) is 1. The van der Waals surface area contributed by atoms with Gasteiger partial charge in [0, 0.05) is 41.2 Å². The largest absolute Gasteiger partial charge is 0.330 e. The fraction of sp³-hybridized carbons (Fsp3) is 0.500. The van der Waals surface area contributed by atoms with Crippen LogP contribution in [-0.4, -0.2) is 15.6 Å². The van der Waals surface area contributed by atoms with Crippen molar-refractivity contribution in [3.63, 3.8) is 0 Å². The molecule has 1 fully saturated rings. The maximum absolute atomic E-state index is 4.36. The van der Waals surface area contributed by atoms with Crippen molar-refractivity contribution < 1.29 is 0 Å².